The molecule has 0 saturated carbocycles. The van der Waals surface area contributed by atoms with Crippen LogP contribution in [0.15, 0.2) is 18.2 Å². The molecule has 1 heterocycles. The normalized spacial score (nSPS) is 14.4. The van der Waals surface area contributed by atoms with Crippen LogP contribution in [-0.4, -0.2) is 25.0 Å². The summed E-state index contributed by atoms with van der Waals surface area (Å²) in [6, 6.07) is 6.25. The smallest absolute Gasteiger partial charge is 0.221 e. The average molecular weight is 261 g/mol. The Morgan fingerprint density at radius 3 is 3.00 bits per heavy atom. The molecule has 4 nitrogen and oxygen atoms in total. The largest absolute Gasteiger partial charge is 0.398 e. The van der Waals surface area contributed by atoms with Gasteiger partial charge in [-0.25, -0.2) is 0 Å². The van der Waals surface area contributed by atoms with Gasteiger partial charge in [-0.3, -0.25) is 4.79 Å². The topological polar surface area (TPSA) is 58.4 Å². The van der Waals surface area contributed by atoms with Gasteiger partial charge in [0.05, 0.1) is 0 Å². The molecule has 1 aliphatic heterocycles. The van der Waals surface area contributed by atoms with Crippen molar-refractivity contribution in [2.75, 3.05) is 23.7 Å². The zero-order valence-corrected chi connectivity index (χ0v) is 11.8. The molecule has 104 valence electrons. The highest BCUT2D eigenvalue weighted by atomic mass is 16.1. The van der Waals surface area contributed by atoms with Gasteiger partial charge < -0.3 is 16.0 Å². The monoisotopic (exact) mass is 261 g/mol. The zero-order valence-electron chi connectivity index (χ0n) is 11.8. The lowest BCUT2D eigenvalue weighted by molar-refractivity contribution is -0.121. The van der Waals surface area contributed by atoms with Crippen LogP contribution in [0, 0.1) is 0 Å². The number of fused-ring (bicyclic) bond motifs is 1. The molecule has 0 aromatic heterocycles. The lowest BCUT2D eigenvalue weighted by Gasteiger charge is -2.32. The summed E-state index contributed by atoms with van der Waals surface area (Å²) in [5.41, 5.74) is 9.32. The Kier molecular flexibility index (Phi) is 4.30. The van der Waals surface area contributed by atoms with Crippen molar-refractivity contribution in [2.24, 2.45) is 0 Å². The highest BCUT2D eigenvalue weighted by Gasteiger charge is 2.18. The first-order chi connectivity index (χ1) is 9.08. The summed E-state index contributed by atoms with van der Waals surface area (Å²) in [7, 11) is 0. The van der Waals surface area contributed by atoms with Crippen molar-refractivity contribution in [3.8, 4) is 0 Å². The first kappa shape index (κ1) is 13.7. The number of benzene rings is 1. The molecule has 19 heavy (non-hydrogen) atoms. The SMILES string of the molecule is CC(C)NC(=O)CCN1CCCc2c(N)cccc21. The van der Waals surface area contributed by atoms with Gasteiger partial charge in [0.2, 0.25) is 5.91 Å². The third kappa shape index (κ3) is 3.40. The number of nitrogen functional groups attached to an aromatic ring is 1. The molecule has 1 aromatic rings. The van der Waals surface area contributed by atoms with Gasteiger partial charge >= 0.3 is 0 Å². The first-order valence-electron chi connectivity index (χ1n) is 6.99. The van der Waals surface area contributed by atoms with E-state index >= 15 is 0 Å². The van der Waals surface area contributed by atoms with Crippen molar-refractivity contribution in [1.29, 1.82) is 0 Å². The molecule has 4 heteroatoms. The molecule has 1 aromatic carbocycles. The van der Waals surface area contributed by atoms with E-state index in [1.807, 2.05) is 26.0 Å². The molecule has 1 amide bonds. The first-order valence-corrected chi connectivity index (χ1v) is 6.99. The fraction of sp³-hybridized carbons (Fsp3) is 0.533. The van der Waals surface area contributed by atoms with E-state index in [0.717, 1.165) is 31.6 Å². The van der Waals surface area contributed by atoms with Crippen molar-refractivity contribution in [3.63, 3.8) is 0 Å². The van der Waals surface area contributed by atoms with Gasteiger partial charge in [-0.1, -0.05) is 6.07 Å². The second-order valence-electron chi connectivity index (χ2n) is 5.41. The summed E-state index contributed by atoms with van der Waals surface area (Å²) >= 11 is 0. The second-order valence-corrected chi connectivity index (χ2v) is 5.41. The van der Waals surface area contributed by atoms with Gasteiger partial charge in [0.1, 0.15) is 0 Å². The zero-order chi connectivity index (χ0) is 13.8. The Balaban J connectivity index is 2.00. The highest BCUT2D eigenvalue weighted by molar-refractivity contribution is 5.77. The van der Waals surface area contributed by atoms with E-state index in [2.05, 4.69) is 16.3 Å². The van der Waals surface area contributed by atoms with Gasteiger partial charge in [-0.05, 0) is 44.4 Å². The van der Waals surface area contributed by atoms with E-state index < -0.39 is 0 Å². The fourth-order valence-electron chi connectivity index (χ4n) is 2.59. The Morgan fingerprint density at radius 1 is 1.47 bits per heavy atom. The van der Waals surface area contributed by atoms with E-state index in [9.17, 15) is 4.79 Å². The van der Waals surface area contributed by atoms with Crippen LogP contribution in [0.1, 0.15) is 32.3 Å². The van der Waals surface area contributed by atoms with E-state index in [0.29, 0.717) is 6.42 Å². The summed E-state index contributed by atoms with van der Waals surface area (Å²) in [6.45, 7) is 5.73. The molecule has 2 rings (SSSR count). The maximum absolute atomic E-state index is 11.7. The fourth-order valence-corrected chi connectivity index (χ4v) is 2.59. The second kappa shape index (κ2) is 5.95. The molecule has 0 unspecified atom stereocenters. The maximum Gasteiger partial charge on any atom is 0.221 e. The minimum absolute atomic E-state index is 0.117. The minimum atomic E-state index is 0.117. The quantitative estimate of drug-likeness (QED) is 0.814. The number of nitrogens with zero attached hydrogens (tertiary/aromatic N) is 1. The standard InChI is InChI=1S/C15H23N3O/c1-11(2)17-15(19)8-10-18-9-4-5-12-13(16)6-3-7-14(12)18/h3,6-7,11H,4-5,8-10,16H2,1-2H3,(H,17,19). The molecule has 0 fully saturated rings. The molecule has 0 bridgehead atoms. The lowest BCUT2D eigenvalue weighted by atomic mass is 10.00. The minimum Gasteiger partial charge on any atom is -0.398 e. The van der Waals surface area contributed by atoms with E-state index in [4.69, 9.17) is 5.73 Å². The number of amides is 1. The number of carbonyl (C=O) groups is 1. The Morgan fingerprint density at radius 2 is 2.26 bits per heavy atom. The van der Waals surface area contributed by atoms with Gasteiger partial charge in [-0.15, -0.1) is 0 Å². The number of nitrogens with two attached hydrogens (primary N) is 1. The number of nitrogens with one attached hydrogen (secondary N) is 1. The molecule has 0 radical (unpaired) electrons. The third-order valence-electron chi connectivity index (χ3n) is 3.44. The van der Waals surface area contributed by atoms with Crippen molar-refractivity contribution < 1.29 is 4.79 Å². The number of anilines is 2. The molecule has 0 atom stereocenters. The molecule has 3 N–H and O–H groups in total. The number of hydrogen-bond donors (Lipinski definition) is 2. The Bertz CT molecular complexity index is 457. The third-order valence-corrected chi connectivity index (χ3v) is 3.44. The average Bonchev–Trinajstić information content (AvgIpc) is 2.36. The molecule has 0 spiro atoms. The van der Waals surface area contributed by atoms with Gasteiger partial charge in [-0.2, -0.15) is 0 Å². The van der Waals surface area contributed by atoms with E-state index in [1.54, 1.807) is 0 Å². The summed E-state index contributed by atoms with van der Waals surface area (Å²) in [5.74, 6) is 0.117. The van der Waals surface area contributed by atoms with Crippen molar-refractivity contribution in [3.05, 3.63) is 23.8 Å². The van der Waals surface area contributed by atoms with E-state index in [1.165, 1.54) is 11.3 Å². The number of carbonyl (C=O) groups excluding carboxylic acids is 1. The number of hydrogen-bond acceptors (Lipinski definition) is 3. The van der Waals surface area contributed by atoms with Crippen molar-refractivity contribution in [2.45, 2.75) is 39.2 Å². The van der Waals surface area contributed by atoms with Crippen molar-refractivity contribution >= 4 is 17.3 Å². The predicted octanol–water partition coefficient (Wildman–Crippen LogP) is 1.94. The summed E-state index contributed by atoms with van der Waals surface area (Å²) in [6.07, 6.45) is 2.68. The van der Waals surface area contributed by atoms with Crippen LogP contribution >= 0.6 is 0 Å². The van der Waals surface area contributed by atoms with Gasteiger partial charge in [0.25, 0.3) is 0 Å². The van der Waals surface area contributed by atoms with Crippen LogP contribution in [-0.2, 0) is 11.2 Å². The Hall–Kier alpha value is -1.71. The van der Waals surface area contributed by atoms with Gasteiger partial charge in [0, 0.05) is 36.9 Å². The molecular weight excluding hydrogens is 238 g/mol. The van der Waals surface area contributed by atoms with Crippen LogP contribution in [0.5, 0.6) is 0 Å². The van der Waals surface area contributed by atoms with Crippen LogP contribution in [0.3, 0.4) is 0 Å². The summed E-state index contributed by atoms with van der Waals surface area (Å²) in [5, 5.41) is 2.93. The number of rotatable bonds is 4. The summed E-state index contributed by atoms with van der Waals surface area (Å²) in [4.78, 5) is 14.0. The summed E-state index contributed by atoms with van der Waals surface area (Å²) < 4.78 is 0. The van der Waals surface area contributed by atoms with Crippen LogP contribution in [0.4, 0.5) is 11.4 Å². The van der Waals surface area contributed by atoms with Crippen LogP contribution < -0.4 is 16.0 Å². The van der Waals surface area contributed by atoms with Crippen LogP contribution in [0.25, 0.3) is 0 Å². The molecule has 1 aliphatic rings. The predicted molar refractivity (Wildman–Crippen MR) is 79.3 cm³/mol. The Labute approximate surface area is 115 Å². The molecule has 0 saturated heterocycles. The lowest BCUT2D eigenvalue weighted by Crippen LogP contribution is -2.36. The van der Waals surface area contributed by atoms with E-state index in [-0.39, 0.29) is 11.9 Å². The van der Waals surface area contributed by atoms with Crippen LogP contribution in [0.2, 0.25) is 0 Å². The van der Waals surface area contributed by atoms with Gasteiger partial charge in [0.15, 0.2) is 0 Å². The molecular formula is C15H23N3O. The molecule has 0 aliphatic carbocycles. The highest BCUT2D eigenvalue weighted by Crippen LogP contribution is 2.31. The maximum atomic E-state index is 11.7. The van der Waals surface area contributed by atoms with Crippen molar-refractivity contribution in [1.82, 2.24) is 5.32 Å².